The molecule has 0 rings (SSSR count). The quantitative estimate of drug-likeness (QED) is 0.297. The van der Waals surface area contributed by atoms with E-state index in [4.69, 9.17) is 6.42 Å². The maximum absolute atomic E-state index is 10.6. The first-order chi connectivity index (χ1) is 5.58. The van der Waals surface area contributed by atoms with Gasteiger partial charge in [0.25, 0.3) is 0 Å². The average Bonchev–Trinajstić information content (AvgIpc) is 2.05. The maximum atomic E-state index is 10.6. The zero-order valence-corrected chi connectivity index (χ0v) is 7.76. The molecule has 4 nitrogen and oxygen atoms in total. The van der Waals surface area contributed by atoms with Crippen LogP contribution < -0.4 is 0 Å². The van der Waals surface area contributed by atoms with Crippen molar-refractivity contribution in [1.82, 2.24) is 0 Å². The van der Waals surface area contributed by atoms with E-state index < -0.39 is 20.4 Å². The topological polar surface area (TPSA) is 52.6 Å². The molecule has 0 heterocycles. The molecule has 0 saturated carbocycles. The number of hydrogen-bond donors (Lipinski definition) is 0. The summed E-state index contributed by atoms with van der Waals surface area (Å²) in [5, 5.41) is 0. The van der Waals surface area contributed by atoms with Crippen LogP contribution in [0.2, 0.25) is 0 Å². The molecule has 0 aliphatic rings. The van der Waals surface area contributed by atoms with Crippen molar-refractivity contribution in [3.63, 3.8) is 0 Å². The molecule has 68 valence electrons. The Labute approximate surface area is 90.8 Å². The number of hydrogen-bond acceptors (Lipinski definition) is 4. The van der Waals surface area contributed by atoms with Crippen molar-refractivity contribution in [2.75, 3.05) is 0 Å². The van der Waals surface area contributed by atoms with Crippen LogP contribution in [0.4, 0.5) is 4.79 Å². The van der Waals surface area contributed by atoms with E-state index in [1.807, 2.05) is 0 Å². The summed E-state index contributed by atoms with van der Waals surface area (Å²) in [4.78, 5) is 10.6. The molecule has 0 radical (unpaired) electrons. The molecule has 6 heteroatoms. The van der Waals surface area contributed by atoms with Crippen LogP contribution in [-0.2, 0) is 13.8 Å². The summed E-state index contributed by atoms with van der Waals surface area (Å²) in [5.74, 6) is 2.29. The average molecular weight is 196 g/mol. The molecule has 0 aliphatic heterocycles. The Balaban J connectivity index is 0. The second-order valence-electron chi connectivity index (χ2n) is 2.25. The first kappa shape index (κ1) is 15.0. The van der Waals surface area contributed by atoms with E-state index in [1.165, 1.54) is 0 Å². The van der Waals surface area contributed by atoms with E-state index >= 15 is 0 Å². The fraction of sp³-hybridized carbons (Fsp3) is 0.571. The van der Waals surface area contributed by atoms with Gasteiger partial charge in [0.05, 0.1) is 0 Å². The van der Waals surface area contributed by atoms with Gasteiger partial charge in [0.1, 0.15) is 0 Å². The third-order valence-corrected chi connectivity index (χ3v) is 1.62. The number of ether oxygens (including phenoxy) is 1. The SMILES string of the molecule is C#CC(C)(CC)OC(=O)OP=O.[LiH]. The van der Waals surface area contributed by atoms with Gasteiger partial charge in [-0.05, 0) is 13.3 Å². The summed E-state index contributed by atoms with van der Waals surface area (Å²) < 4.78 is 18.5. The Morgan fingerprint density at radius 2 is 2.23 bits per heavy atom. The molecule has 0 aromatic carbocycles. The summed E-state index contributed by atoms with van der Waals surface area (Å²) in [5.41, 5.74) is -0.984. The van der Waals surface area contributed by atoms with E-state index in [9.17, 15) is 9.36 Å². The zero-order chi connectivity index (χ0) is 9.61. The number of carbonyl (C=O) groups excluding carboxylic acids is 1. The van der Waals surface area contributed by atoms with E-state index in [0.717, 1.165) is 0 Å². The molecule has 0 spiro atoms. The van der Waals surface area contributed by atoms with Crippen LogP contribution in [0.3, 0.4) is 0 Å². The second kappa shape index (κ2) is 6.98. The molecule has 0 fully saturated rings. The third-order valence-electron chi connectivity index (χ3n) is 1.40. The van der Waals surface area contributed by atoms with E-state index in [-0.39, 0.29) is 18.9 Å². The van der Waals surface area contributed by atoms with Crippen LogP contribution in [0.25, 0.3) is 0 Å². The second-order valence-corrected chi connectivity index (χ2v) is 2.58. The van der Waals surface area contributed by atoms with Crippen LogP contribution in [-0.4, -0.2) is 30.6 Å². The van der Waals surface area contributed by atoms with Crippen molar-refractivity contribution in [3.8, 4) is 12.3 Å². The van der Waals surface area contributed by atoms with Crippen LogP contribution in [0, 0.1) is 12.3 Å². The summed E-state index contributed by atoms with van der Waals surface area (Å²) in [6.07, 6.45) is 4.53. The normalized spacial score (nSPS) is 13.3. The summed E-state index contributed by atoms with van der Waals surface area (Å²) in [7, 11) is -0.744. The van der Waals surface area contributed by atoms with E-state index in [1.54, 1.807) is 13.8 Å². The molecular formula is C7H10LiO4P. The van der Waals surface area contributed by atoms with Crippen molar-refractivity contribution in [3.05, 3.63) is 0 Å². The first-order valence-electron chi connectivity index (χ1n) is 3.28. The molecule has 0 aromatic rings. The van der Waals surface area contributed by atoms with Gasteiger partial charge >= 0.3 is 33.7 Å². The van der Waals surface area contributed by atoms with Gasteiger partial charge < -0.3 is 9.26 Å². The zero-order valence-electron chi connectivity index (χ0n) is 6.86. The Morgan fingerprint density at radius 1 is 1.69 bits per heavy atom. The molecule has 0 bridgehead atoms. The number of rotatable bonds is 3. The molecule has 0 saturated heterocycles. The molecule has 0 aliphatic carbocycles. The van der Waals surface area contributed by atoms with Crippen LogP contribution in [0.15, 0.2) is 0 Å². The first-order valence-corrected chi connectivity index (χ1v) is 4.01. The molecule has 0 aromatic heterocycles. The van der Waals surface area contributed by atoms with Gasteiger partial charge in [0.2, 0.25) is 0 Å². The third kappa shape index (κ3) is 5.72. The van der Waals surface area contributed by atoms with Gasteiger partial charge in [0.15, 0.2) is 5.60 Å². The van der Waals surface area contributed by atoms with Gasteiger partial charge in [0, 0.05) is 0 Å². The Kier molecular flexibility index (Phi) is 8.07. The van der Waals surface area contributed by atoms with Gasteiger partial charge in [-0.25, -0.2) is 9.36 Å². The minimum absolute atomic E-state index is 0. The predicted octanol–water partition coefficient (Wildman–Crippen LogP) is 1.50. The van der Waals surface area contributed by atoms with E-state index in [2.05, 4.69) is 15.2 Å². The van der Waals surface area contributed by atoms with Crippen LogP contribution in [0.5, 0.6) is 0 Å². The van der Waals surface area contributed by atoms with Gasteiger partial charge in [-0.15, -0.1) is 6.42 Å². The molecule has 1 atom stereocenters. The molecular weight excluding hydrogens is 186 g/mol. The van der Waals surface area contributed by atoms with Gasteiger partial charge in [-0.3, -0.25) is 0 Å². The fourth-order valence-corrected chi connectivity index (χ4v) is 0.535. The fourth-order valence-electron chi connectivity index (χ4n) is 0.437. The van der Waals surface area contributed by atoms with Crippen LogP contribution in [0.1, 0.15) is 20.3 Å². The van der Waals surface area contributed by atoms with Crippen molar-refractivity contribution in [1.29, 1.82) is 0 Å². The van der Waals surface area contributed by atoms with Crippen LogP contribution >= 0.6 is 8.69 Å². The molecule has 1 unspecified atom stereocenters. The standard InChI is InChI=1S/C7H9O4P.Li.H/c1-4-7(3,5-2)10-6(8)11-12-9;;/h1H,5H2,2-3H3;;. The molecule has 0 amide bonds. The number of terminal acetylenes is 1. The van der Waals surface area contributed by atoms with Crippen molar-refractivity contribution in [2.24, 2.45) is 0 Å². The summed E-state index contributed by atoms with van der Waals surface area (Å²) >= 11 is 0. The summed E-state index contributed by atoms with van der Waals surface area (Å²) in [6.45, 7) is 3.33. The Morgan fingerprint density at radius 3 is 2.54 bits per heavy atom. The predicted molar refractivity (Wildman–Crippen MR) is 49.9 cm³/mol. The monoisotopic (exact) mass is 196 g/mol. The Bertz CT molecular complexity index is 225. The van der Waals surface area contributed by atoms with Gasteiger partial charge in [-0.1, -0.05) is 12.8 Å². The van der Waals surface area contributed by atoms with Crippen molar-refractivity contribution in [2.45, 2.75) is 25.9 Å². The van der Waals surface area contributed by atoms with E-state index in [0.29, 0.717) is 6.42 Å². The van der Waals surface area contributed by atoms with Crippen molar-refractivity contribution >= 4 is 33.7 Å². The number of carbonyl (C=O) groups is 1. The molecule has 0 N–H and O–H groups in total. The molecule has 13 heavy (non-hydrogen) atoms. The summed E-state index contributed by atoms with van der Waals surface area (Å²) in [6, 6.07) is 0. The van der Waals surface area contributed by atoms with Crippen molar-refractivity contribution < 1.29 is 18.6 Å². The minimum atomic E-state index is -1.03. The van der Waals surface area contributed by atoms with Gasteiger partial charge in [-0.2, -0.15) is 0 Å². The Hall–Kier alpha value is -0.473.